The number of hydrogen-bond acceptors (Lipinski definition) is 3. The number of hydrogen-bond donors (Lipinski definition) is 1. The Balaban J connectivity index is 1.77. The average Bonchev–Trinajstić information content (AvgIpc) is 3.08. The highest BCUT2D eigenvalue weighted by Crippen LogP contribution is 2.39. The molecular weight excluding hydrogens is 214 g/mol. The van der Waals surface area contributed by atoms with Crippen molar-refractivity contribution in [2.24, 2.45) is 17.6 Å². The van der Waals surface area contributed by atoms with E-state index in [0.717, 1.165) is 58.5 Å². The molecule has 0 aromatic carbocycles. The molecule has 4 nitrogen and oxygen atoms in total. The average molecular weight is 239 g/mol. The number of nitrogens with two attached hydrogens (primary N) is 1. The summed E-state index contributed by atoms with van der Waals surface area (Å²) in [6.45, 7) is 8.01. The van der Waals surface area contributed by atoms with Crippen LogP contribution in [0, 0.1) is 11.8 Å². The van der Waals surface area contributed by atoms with E-state index < -0.39 is 0 Å². The van der Waals surface area contributed by atoms with Gasteiger partial charge >= 0.3 is 0 Å². The van der Waals surface area contributed by atoms with E-state index in [2.05, 4.69) is 16.7 Å². The number of carbonyl (C=O) groups excluding carboxylic acids is 1. The van der Waals surface area contributed by atoms with E-state index in [0.29, 0.717) is 17.7 Å². The van der Waals surface area contributed by atoms with Gasteiger partial charge in [0.15, 0.2) is 0 Å². The molecule has 4 heteroatoms. The Morgan fingerprint density at radius 2 is 2.06 bits per heavy atom. The van der Waals surface area contributed by atoms with Crippen molar-refractivity contribution in [1.82, 2.24) is 9.80 Å². The van der Waals surface area contributed by atoms with Crippen LogP contribution in [0.25, 0.3) is 0 Å². The molecule has 1 aliphatic carbocycles. The van der Waals surface area contributed by atoms with Crippen molar-refractivity contribution in [3.05, 3.63) is 0 Å². The Kier molecular flexibility index (Phi) is 4.40. The lowest BCUT2D eigenvalue weighted by Crippen LogP contribution is -2.36. The van der Waals surface area contributed by atoms with Gasteiger partial charge < -0.3 is 15.5 Å². The molecule has 0 aromatic heterocycles. The Hall–Kier alpha value is -0.610. The van der Waals surface area contributed by atoms with Crippen molar-refractivity contribution in [3.8, 4) is 0 Å². The standard InChI is InChI=1S/C13H25N3O/c1-11-10-12(11)13(17)16-7-3-6-15(8-9-16)5-2-4-14/h11-12H,2-10,14H2,1H3. The van der Waals surface area contributed by atoms with Gasteiger partial charge in [-0.2, -0.15) is 0 Å². The van der Waals surface area contributed by atoms with Crippen LogP contribution >= 0.6 is 0 Å². The molecule has 2 aliphatic rings. The molecule has 1 amide bonds. The van der Waals surface area contributed by atoms with Crippen molar-refractivity contribution in [2.75, 3.05) is 39.3 Å². The fourth-order valence-corrected chi connectivity index (χ4v) is 2.63. The Morgan fingerprint density at radius 3 is 2.71 bits per heavy atom. The van der Waals surface area contributed by atoms with E-state index >= 15 is 0 Å². The van der Waals surface area contributed by atoms with Crippen LogP contribution in [0.3, 0.4) is 0 Å². The van der Waals surface area contributed by atoms with Crippen LogP contribution < -0.4 is 5.73 Å². The highest BCUT2D eigenvalue weighted by atomic mass is 16.2. The lowest BCUT2D eigenvalue weighted by molar-refractivity contribution is -0.132. The fourth-order valence-electron chi connectivity index (χ4n) is 2.63. The molecular formula is C13H25N3O. The molecule has 0 radical (unpaired) electrons. The van der Waals surface area contributed by atoms with Gasteiger partial charge in [-0.05, 0) is 44.8 Å². The second-order valence-corrected chi connectivity index (χ2v) is 5.48. The fraction of sp³-hybridized carbons (Fsp3) is 0.923. The maximum Gasteiger partial charge on any atom is 0.226 e. The van der Waals surface area contributed by atoms with Gasteiger partial charge in [-0.15, -0.1) is 0 Å². The quantitative estimate of drug-likeness (QED) is 0.778. The summed E-state index contributed by atoms with van der Waals surface area (Å²) < 4.78 is 0. The Labute approximate surface area is 104 Å². The molecule has 1 aliphatic heterocycles. The summed E-state index contributed by atoms with van der Waals surface area (Å²) >= 11 is 0. The van der Waals surface area contributed by atoms with Crippen molar-refractivity contribution >= 4 is 5.91 Å². The molecule has 98 valence electrons. The molecule has 0 aromatic rings. The highest BCUT2D eigenvalue weighted by molar-refractivity contribution is 5.81. The minimum absolute atomic E-state index is 0.339. The predicted octanol–water partition coefficient (Wildman–Crippen LogP) is 0.526. The second kappa shape index (κ2) is 5.83. The number of carbonyl (C=O) groups is 1. The SMILES string of the molecule is CC1CC1C(=O)N1CCCN(CCCN)CC1. The van der Waals surface area contributed by atoms with Crippen molar-refractivity contribution in [2.45, 2.75) is 26.2 Å². The zero-order valence-electron chi connectivity index (χ0n) is 10.9. The van der Waals surface area contributed by atoms with E-state index in [1.807, 2.05) is 0 Å². The largest absolute Gasteiger partial charge is 0.341 e. The van der Waals surface area contributed by atoms with Crippen molar-refractivity contribution in [3.63, 3.8) is 0 Å². The summed E-state index contributed by atoms with van der Waals surface area (Å²) in [6, 6.07) is 0. The Morgan fingerprint density at radius 1 is 1.29 bits per heavy atom. The first-order valence-corrected chi connectivity index (χ1v) is 6.93. The van der Waals surface area contributed by atoms with Gasteiger partial charge in [-0.3, -0.25) is 4.79 Å². The predicted molar refractivity (Wildman–Crippen MR) is 68.6 cm³/mol. The third kappa shape index (κ3) is 3.42. The smallest absolute Gasteiger partial charge is 0.226 e. The molecule has 1 heterocycles. The topological polar surface area (TPSA) is 49.6 Å². The summed E-state index contributed by atoms with van der Waals surface area (Å²) in [6.07, 6.45) is 3.28. The molecule has 1 saturated heterocycles. The van der Waals surface area contributed by atoms with Gasteiger partial charge in [0.25, 0.3) is 0 Å². The van der Waals surface area contributed by atoms with E-state index in [1.54, 1.807) is 0 Å². The summed E-state index contributed by atoms with van der Waals surface area (Å²) in [5.74, 6) is 1.36. The zero-order valence-corrected chi connectivity index (χ0v) is 10.9. The molecule has 2 unspecified atom stereocenters. The van der Waals surface area contributed by atoms with Crippen LogP contribution in [-0.2, 0) is 4.79 Å². The van der Waals surface area contributed by atoms with Gasteiger partial charge in [0.05, 0.1) is 0 Å². The molecule has 17 heavy (non-hydrogen) atoms. The van der Waals surface area contributed by atoms with Crippen molar-refractivity contribution < 1.29 is 4.79 Å². The Bertz CT molecular complexity index is 269. The van der Waals surface area contributed by atoms with Crippen LogP contribution in [0.4, 0.5) is 0 Å². The van der Waals surface area contributed by atoms with E-state index in [-0.39, 0.29) is 0 Å². The van der Waals surface area contributed by atoms with E-state index in [9.17, 15) is 4.79 Å². The molecule has 2 rings (SSSR count). The van der Waals surface area contributed by atoms with Crippen LogP contribution in [0.1, 0.15) is 26.2 Å². The molecule has 0 bridgehead atoms. The first kappa shape index (κ1) is 12.8. The van der Waals surface area contributed by atoms with Gasteiger partial charge in [-0.25, -0.2) is 0 Å². The summed E-state index contributed by atoms with van der Waals surface area (Å²) in [4.78, 5) is 16.7. The zero-order chi connectivity index (χ0) is 12.3. The molecule has 2 atom stereocenters. The van der Waals surface area contributed by atoms with Crippen LogP contribution in [0.2, 0.25) is 0 Å². The van der Waals surface area contributed by atoms with E-state index in [1.165, 1.54) is 0 Å². The molecule has 2 N–H and O–H groups in total. The number of nitrogens with zero attached hydrogens (tertiary/aromatic N) is 2. The van der Waals surface area contributed by atoms with Gasteiger partial charge in [-0.1, -0.05) is 6.92 Å². The number of rotatable bonds is 4. The van der Waals surface area contributed by atoms with Crippen LogP contribution in [0.5, 0.6) is 0 Å². The molecule has 0 spiro atoms. The normalized spacial score (nSPS) is 30.1. The minimum Gasteiger partial charge on any atom is -0.341 e. The number of amides is 1. The molecule has 1 saturated carbocycles. The van der Waals surface area contributed by atoms with Crippen LogP contribution in [0.15, 0.2) is 0 Å². The maximum absolute atomic E-state index is 12.1. The van der Waals surface area contributed by atoms with Crippen molar-refractivity contribution in [1.29, 1.82) is 0 Å². The molecule has 2 fully saturated rings. The van der Waals surface area contributed by atoms with Gasteiger partial charge in [0.1, 0.15) is 0 Å². The van der Waals surface area contributed by atoms with Crippen LogP contribution in [-0.4, -0.2) is 55.0 Å². The summed E-state index contributed by atoms with van der Waals surface area (Å²) in [5.41, 5.74) is 5.53. The second-order valence-electron chi connectivity index (χ2n) is 5.48. The highest BCUT2D eigenvalue weighted by Gasteiger charge is 2.41. The maximum atomic E-state index is 12.1. The first-order valence-electron chi connectivity index (χ1n) is 6.93. The monoisotopic (exact) mass is 239 g/mol. The summed E-state index contributed by atoms with van der Waals surface area (Å²) in [5, 5.41) is 0. The van der Waals surface area contributed by atoms with Gasteiger partial charge in [0.2, 0.25) is 5.91 Å². The third-order valence-electron chi connectivity index (χ3n) is 4.01. The minimum atomic E-state index is 0.339. The van der Waals surface area contributed by atoms with Gasteiger partial charge in [0, 0.05) is 25.6 Å². The van der Waals surface area contributed by atoms with E-state index in [4.69, 9.17) is 5.73 Å². The first-order chi connectivity index (χ1) is 8.22. The lowest BCUT2D eigenvalue weighted by atomic mass is 10.3. The lowest BCUT2D eigenvalue weighted by Gasteiger charge is -2.22. The third-order valence-corrected chi connectivity index (χ3v) is 4.01. The summed E-state index contributed by atoms with van der Waals surface area (Å²) in [7, 11) is 0.